The van der Waals surface area contributed by atoms with Crippen molar-refractivity contribution < 1.29 is 4.79 Å². The Hall–Kier alpha value is -0.955. The van der Waals surface area contributed by atoms with Crippen LogP contribution in [0.25, 0.3) is 0 Å². The molecule has 0 amide bonds. The summed E-state index contributed by atoms with van der Waals surface area (Å²) in [6, 6.07) is 1.55. The Bertz CT molecular complexity index is 376. The van der Waals surface area contributed by atoms with Crippen molar-refractivity contribution in [3.8, 4) is 0 Å². The second kappa shape index (κ2) is 3.42. The topological polar surface area (TPSA) is 43.1 Å². The molecule has 2 radical (unpaired) electrons. The lowest BCUT2D eigenvalue weighted by atomic mass is 9.85. The van der Waals surface area contributed by atoms with Gasteiger partial charge in [-0.1, -0.05) is 17.1 Å². The summed E-state index contributed by atoms with van der Waals surface area (Å²) in [7, 11) is 5.65. The summed E-state index contributed by atoms with van der Waals surface area (Å²) in [5.41, 5.74) is 7.46. The third-order valence-corrected chi connectivity index (χ3v) is 2.39. The summed E-state index contributed by atoms with van der Waals surface area (Å²) >= 11 is 5.85. The highest BCUT2D eigenvalue weighted by Crippen LogP contribution is 2.21. The van der Waals surface area contributed by atoms with E-state index in [4.69, 9.17) is 25.2 Å². The first kappa shape index (κ1) is 10.1. The fraction of sp³-hybridized carbons (Fsp3) is 0.222. The molecule has 0 saturated heterocycles. The van der Waals surface area contributed by atoms with Gasteiger partial charge in [-0.3, -0.25) is 4.79 Å². The number of nitrogen functional groups attached to an aromatic ring is 1. The molecule has 2 N–H and O–H groups in total. The molecule has 0 saturated carbocycles. The van der Waals surface area contributed by atoms with Crippen LogP contribution in [0.5, 0.6) is 0 Å². The van der Waals surface area contributed by atoms with E-state index in [1.54, 1.807) is 13.0 Å². The minimum atomic E-state index is -0.133. The van der Waals surface area contributed by atoms with E-state index in [9.17, 15) is 4.79 Å². The van der Waals surface area contributed by atoms with E-state index in [1.807, 2.05) is 0 Å². The van der Waals surface area contributed by atoms with Crippen molar-refractivity contribution in [2.45, 2.75) is 13.8 Å². The molecule has 1 aromatic rings. The van der Waals surface area contributed by atoms with Crippen LogP contribution >= 0.6 is 11.6 Å². The fourth-order valence-electron chi connectivity index (χ4n) is 1.08. The largest absolute Gasteiger partial charge is 0.399 e. The van der Waals surface area contributed by atoms with Gasteiger partial charge in [0.05, 0.1) is 0 Å². The van der Waals surface area contributed by atoms with Gasteiger partial charge < -0.3 is 5.73 Å². The molecule has 13 heavy (non-hydrogen) atoms. The highest BCUT2D eigenvalue weighted by atomic mass is 35.5. The van der Waals surface area contributed by atoms with Gasteiger partial charge in [0, 0.05) is 16.3 Å². The average Bonchev–Trinajstić information content (AvgIpc) is 2.07. The molecule has 0 fully saturated rings. The number of nitrogens with two attached hydrogens (primary N) is 1. The second-order valence-electron chi connectivity index (χ2n) is 2.91. The normalized spacial score (nSPS) is 10.1. The van der Waals surface area contributed by atoms with Crippen LogP contribution in [0, 0.1) is 6.92 Å². The van der Waals surface area contributed by atoms with Gasteiger partial charge in [0.1, 0.15) is 7.85 Å². The van der Waals surface area contributed by atoms with E-state index < -0.39 is 0 Å². The van der Waals surface area contributed by atoms with Crippen molar-refractivity contribution >= 4 is 36.4 Å². The SMILES string of the molecule is [B]c1c(C(C)=O)cc(Cl)c(C)c1N. The van der Waals surface area contributed by atoms with Crippen molar-refractivity contribution in [3.63, 3.8) is 0 Å². The number of anilines is 1. The highest BCUT2D eigenvalue weighted by Gasteiger charge is 2.10. The van der Waals surface area contributed by atoms with Crippen LogP contribution in [0.15, 0.2) is 6.07 Å². The molecule has 4 heteroatoms. The van der Waals surface area contributed by atoms with Gasteiger partial charge in [0.2, 0.25) is 0 Å². The minimum absolute atomic E-state index is 0.133. The van der Waals surface area contributed by atoms with Crippen LogP contribution in [0.3, 0.4) is 0 Å². The van der Waals surface area contributed by atoms with Crippen molar-refractivity contribution in [1.82, 2.24) is 0 Å². The Morgan fingerprint density at radius 2 is 2.15 bits per heavy atom. The van der Waals surface area contributed by atoms with Crippen LogP contribution in [-0.2, 0) is 0 Å². The lowest BCUT2D eigenvalue weighted by molar-refractivity contribution is 0.101. The monoisotopic (exact) mass is 193 g/mol. The second-order valence-corrected chi connectivity index (χ2v) is 3.32. The van der Waals surface area contributed by atoms with E-state index in [0.717, 1.165) is 0 Å². The van der Waals surface area contributed by atoms with Gasteiger partial charge in [-0.25, -0.2) is 0 Å². The molecule has 2 nitrogen and oxygen atoms in total. The summed E-state index contributed by atoms with van der Waals surface area (Å²) in [4.78, 5) is 11.1. The maximum Gasteiger partial charge on any atom is 0.159 e. The Labute approximate surface area is 83.5 Å². The zero-order valence-electron chi connectivity index (χ0n) is 7.52. The number of halogens is 1. The molecular formula is C9H9BClNO. The highest BCUT2D eigenvalue weighted by molar-refractivity contribution is 6.41. The molecule has 0 unspecified atom stereocenters. The van der Waals surface area contributed by atoms with Crippen molar-refractivity contribution in [3.05, 3.63) is 22.2 Å². The Morgan fingerprint density at radius 1 is 1.62 bits per heavy atom. The number of benzene rings is 1. The number of carbonyl (C=O) groups is 1. The van der Waals surface area contributed by atoms with Crippen molar-refractivity contribution in [2.24, 2.45) is 0 Å². The van der Waals surface area contributed by atoms with Gasteiger partial charge in [0.25, 0.3) is 0 Å². The van der Waals surface area contributed by atoms with Crippen LogP contribution in [-0.4, -0.2) is 13.6 Å². The summed E-state index contributed by atoms with van der Waals surface area (Å²) < 4.78 is 0. The number of ketones is 1. The van der Waals surface area contributed by atoms with Crippen LogP contribution < -0.4 is 11.2 Å². The number of Topliss-reactive ketones (excluding diaryl/α,β-unsaturated/α-hetero) is 1. The zero-order chi connectivity index (χ0) is 10.2. The summed E-state index contributed by atoms with van der Waals surface area (Å²) in [6.07, 6.45) is 0. The number of carbonyl (C=O) groups excluding carboxylic acids is 1. The summed E-state index contributed by atoms with van der Waals surface area (Å²) in [5, 5.41) is 0.469. The average molecular weight is 193 g/mol. The Morgan fingerprint density at radius 3 is 2.62 bits per heavy atom. The van der Waals surface area contributed by atoms with Gasteiger partial charge >= 0.3 is 0 Å². The number of hydrogen-bond donors (Lipinski definition) is 1. The van der Waals surface area contributed by atoms with Gasteiger partial charge in [0.15, 0.2) is 5.78 Å². The van der Waals surface area contributed by atoms with Gasteiger partial charge in [-0.15, -0.1) is 0 Å². The Kier molecular flexibility index (Phi) is 2.67. The standard InChI is InChI=1S/C9H9BClNO/c1-4-7(11)3-6(5(2)13)8(10)9(4)12/h3H,12H2,1-2H3. The molecule has 0 bridgehead atoms. The molecular weight excluding hydrogens is 184 g/mol. The van der Waals surface area contributed by atoms with Crippen molar-refractivity contribution in [2.75, 3.05) is 5.73 Å². The first-order chi connectivity index (χ1) is 5.95. The predicted octanol–water partition coefficient (Wildman–Crippen LogP) is 1.23. The predicted molar refractivity (Wildman–Crippen MR) is 56.0 cm³/mol. The van der Waals surface area contributed by atoms with E-state index >= 15 is 0 Å². The van der Waals surface area contributed by atoms with Gasteiger partial charge in [-0.05, 0) is 25.5 Å². The molecule has 0 aromatic heterocycles. The van der Waals surface area contributed by atoms with E-state index in [1.165, 1.54) is 6.92 Å². The van der Waals surface area contributed by atoms with E-state index in [2.05, 4.69) is 0 Å². The maximum atomic E-state index is 11.1. The summed E-state index contributed by atoms with van der Waals surface area (Å²) in [5.74, 6) is -0.133. The molecule has 66 valence electrons. The first-order valence-corrected chi connectivity index (χ1v) is 4.18. The maximum absolute atomic E-state index is 11.1. The molecule has 0 aliphatic heterocycles. The van der Waals surface area contributed by atoms with E-state index in [0.29, 0.717) is 27.3 Å². The minimum Gasteiger partial charge on any atom is -0.399 e. The molecule has 1 aromatic carbocycles. The lowest BCUT2D eigenvalue weighted by Gasteiger charge is -2.10. The van der Waals surface area contributed by atoms with Crippen molar-refractivity contribution in [1.29, 1.82) is 0 Å². The van der Waals surface area contributed by atoms with Crippen LogP contribution in [0.1, 0.15) is 22.8 Å². The molecule has 0 spiro atoms. The lowest BCUT2D eigenvalue weighted by Crippen LogP contribution is -2.19. The summed E-state index contributed by atoms with van der Waals surface area (Å²) in [6.45, 7) is 3.19. The molecule has 0 aliphatic rings. The fourth-order valence-corrected chi connectivity index (χ4v) is 1.29. The molecule has 0 heterocycles. The first-order valence-electron chi connectivity index (χ1n) is 3.80. The third kappa shape index (κ3) is 1.70. The smallest absolute Gasteiger partial charge is 0.159 e. The number of rotatable bonds is 1. The van der Waals surface area contributed by atoms with Gasteiger partial charge in [-0.2, -0.15) is 0 Å². The van der Waals surface area contributed by atoms with Crippen LogP contribution in [0.4, 0.5) is 5.69 Å². The molecule has 0 atom stereocenters. The number of hydrogen-bond acceptors (Lipinski definition) is 2. The molecule has 0 aliphatic carbocycles. The zero-order valence-corrected chi connectivity index (χ0v) is 8.27. The third-order valence-electron chi connectivity index (χ3n) is 1.99. The quantitative estimate of drug-likeness (QED) is 0.414. The molecule has 1 rings (SSSR count). The van der Waals surface area contributed by atoms with E-state index in [-0.39, 0.29) is 5.78 Å². The van der Waals surface area contributed by atoms with Crippen LogP contribution in [0.2, 0.25) is 5.02 Å². The Balaban J connectivity index is 3.50.